The second kappa shape index (κ2) is 8.68. The van der Waals surface area contributed by atoms with Gasteiger partial charge in [-0.15, -0.1) is 4.37 Å². The second-order valence-corrected chi connectivity index (χ2v) is 5.55. The standard InChI is InChI=1S/C10H19N3O2S2/c1-3-16-7-8(2)11-4-9(14)6-15-10-5-12-17-13-10/h5,8-9,11,14H,3-4,6-7H2,1-2H3. The van der Waals surface area contributed by atoms with E-state index in [0.717, 1.165) is 23.2 Å². The van der Waals surface area contributed by atoms with E-state index in [2.05, 4.69) is 27.9 Å². The maximum Gasteiger partial charge on any atom is 0.245 e. The molecule has 0 fully saturated rings. The maximum absolute atomic E-state index is 9.68. The molecule has 0 aliphatic carbocycles. The summed E-state index contributed by atoms with van der Waals surface area (Å²) in [5.41, 5.74) is 0. The van der Waals surface area contributed by atoms with Gasteiger partial charge in [-0.3, -0.25) is 0 Å². The largest absolute Gasteiger partial charge is 0.473 e. The molecule has 1 aromatic rings. The fourth-order valence-corrected chi connectivity index (χ4v) is 2.22. The lowest BCUT2D eigenvalue weighted by molar-refractivity contribution is 0.103. The second-order valence-electron chi connectivity index (χ2n) is 3.68. The minimum absolute atomic E-state index is 0.242. The van der Waals surface area contributed by atoms with Crippen molar-refractivity contribution in [3.05, 3.63) is 6.20 Å². The first-order chi connectivity index (χ1) is 8.22. The highest BCUT2D eigenvalue weighted by atomic mass is 32.2. The van der Waals surface area contributed by atoms with Crippen LogP contribution in [-0.2, 0) is 0 Å². The molecule has 0 spiro atoms. The van der Waals surface area contributed by atoms with E-state index in [1.54, 1.807) is 6.20 Å². The van der Waals surface area contributed by atoms with Gasteiger partial charge in [0.1, 0.15) is 18.9 Å². The number of aliphatic hydroxyl groups is 1. The van der Waals surface area contributed by atoms with Gasteiger partial charge in [0.2, 0.25) is 5.88 Å². The highest BCUT2D eigenvalue weighted by Gasteiger charge is 2.08. The lowest BCUT2D eigenvalue weighted by atomic mass is 10.3. The van der Waals surface area contributed by atoms with E-state index < -0.39 is 6.10 Å². The summed E-state index contributed by atoms with van der Waals surface area (Å²) in [7, 11) is 0. The molecule has 0 radical (unpaired) electrons. The lowest BCUT2D eigenvalue weighted by Crippen LogP contribution is -2.37. The molecule has 2 N–H and O–H groups in total. The number of nitrogens with one attached hydrogen (secondary N) is 1. The summed E-state index contributed by atoms with van der Waals surface area (Å²) in [5.74, 6) is 2.65. The molecule has 0 bridgehead atoms. The fraction of sp³-hybridized carbons (Fsp3) is 0.800. The normalized spacial score (nSPS) is 14.5. The Hall–Kier alpha value is -0.370. The SMILES string of the molecule is CCSCC(C)NCC(O)COc1cnsn1. The minimum atomic E-state index is -0.522. The van der Waals surface area contributed by atoms with Crippen LogP contribution >= 0.6 is 23.5 Å². The van der Waals surface area contributed by atoms with Crippen LogP contribution in [0.5, 0.6) is 5.88 Å². The van der Waals surface area contributed by atoms with Crippen molar-refractivity contribution in [2.75, 3.05) is 24.7 Å². The number of hydrogen-bond donors (Lipinski definition) is 2. The van der Waals surface area contributed by atoms with Crippen molar-refractivity contribution in [2.45, 2.75) is 26.0 Å². The van der Waals surface area contributed by atoms with Crippen LogP contribution < -0.4 is 10.1 Å². The van der Waals surface area contributed by atoms with E-state index >= 15 is 0 Å². The summed E-state index contributed by atoms with van der Waals surface area (Å²) in [4.78, 5) is 0. The van der Waals surface area contributed by atoms with Crippen molar-refractivity contribution >= 4 is 23.5 Å². The predicted octanol–water partition coefficient (Wildman–Crippen LogP) is 1.01. The highest BCUT2D eigenvalue weighted by Crippen LogP contribution is 2.05. The maximum atomic E-state index is 9.68. The summed E-state index contributed by atoms with van der Waals surface area (Å²) in [6.45, 7) is 5.03. The van der Waals surface area contributed by atoms with Crippen LogP contribution in [0.3, 0.4) is 0 Å². The van der Waals surface area contributed by atoms with Crippen LogP contribution in [0.4, 0.5) is 0 Å². The smallest absolute Gasteiger partial charge is 0.245 e. The Labute approximate surface area is 110 Å². The van der Waals surface area contributed by atoms with Gasteiger partial charge in [0.05, 0.1) is 11.7 Å². The molecule has 1 aromatic heterocycles. The van der Waals surface area contributed by atoms with Gasteiger partial charge in [-0.05, 0) is 12.7 Å². The van der Waals surface area contributed by atoms with E-state index in [1.165, 1.54) is 0 Å². The third-order valence-electron chi connectivity index (χ3n) is 2.04. The lowest BCUT2D eigenvalue weighted by Gasteiger charge is -2.16. The summed E-state index contributed by atoms with van der Waals surface area (Å²) < 4.78 is 13.0. The van der Waals surface area contributed by atoms with E-state index in [9.17, 15) is 5.11 Å². The van der Waals surface area contributed by atoms with Crippen LogP contribution in [-0.4, -0.2) is 50.7 Å². The molecule has 2 atom stereocenters. The molecular formula is C10H19N3O2S2. The van der Waals surface area contributed by atoms with Crippen molar-refractivity contribution in [1.29, 1.82) is 0 Å². The van der Waals surface area contributed by atoms with Crippen LogP contribution in [0.1, 0.15) is 13.8 Å². The Morgan fingerprint density at radius 1 is 1.65 bits per heavy atom. The van der Waals surface area contributed by atoms with Gasteiger partial charge in [0.25, 0.3) is 0 Å². The minimum Gasteiger partial charge on any atom is -0.473 e. The monoisotopic (exact) mass is 277 g/mol. The summed E-state index contributed by atoms with van der Waals surface area (Å²) in [5, 5.41) is 12.9. The third kappa shape index (κ3) is 6.82. The Morgan fingerprint density at radius 3 is 3.12 bits per heavy atom. The molecule has 0 aliphatic rings. The van der Waals surface area contributed by atoms with Gasteiger partial charge in [0, 0.05) is 18.3 Å². The zero-order chi connectivity index (χ0) is 12.5. The van der Waals surface area contributed by atoms with E-state index in [-0.39, 0.29) is 6.61 Å². The number of hydrogen-bond acceptors (Lipinski definition) is 7. The first-order valence-corrected chi connectivity index (χ1v) is 7.50. The molecule has 2 unspecified atom stereocenters. The number of nitrogens with zero attached hydrogens (tertiary/aromatic N) is 2. The molecule has 0 aromatic carbocycles. The molecular weight excluding hydrogens is 258 g/mol. The van der Waals surface area contributed by atoms with Crippen molar-refractivity contribution < 1.29 is 9.84 Å². The zero-order valence-electron chi connectivity index (χ0n) is 10.1. The quantitative estimate of drug-likeness (QED) is 0.702. The molecule has 98 valence electrons. The van der Waals surface area contributed by atoms with Crippen molar-refractivity contribution in [2.24, 2.45) is 0 Å². The van der Waals surface area contributed by atoms with Crippen LogP contribution in [0, 0.1) is 0 Å². The number of aliphatic hydroxyl groups excluding tert-OH is 1. The summed E-state index contributed by atoms with van der Waals surface area (Å²) >= 11 is 2.98. The Balaban J connectivity index is 2.06. The molecule has 1 rings (SSSR count). The van der Waals surface area contributed by atoms with E-state index in [0.29, 0.717) is 18.5 Å². The Bertz CT molecular complexity index is 285. The highest BCUT2D eigenvalue weighted by molar-refractivity contribution is 7.99. The molecule has 5 nitrogen and oxygen atoms in total. The Kier molecular flexibility index (Phi) is 7.50. The molecule has 1 heterocycles. The average molecular weight is 277 g/mol. The van der Waals surface area contributed by atoms with Gasteiger partial charge < -0.3 is 15.2 Å². The average Bonchev–Trinajstić information content (AvgIpc) is 2.84. The van der Waals surface area contributed by atoms with E-state index in [4.69, 9.17) is 4.74 Å². The first-order valence-electron chi connectivity index (χ1n) is 5.62. The number of ether oxygens (including phenoxy) is 1. The van der Waals surface area contributed by atoms with Gasteiger partial charge in [-0.2, -0.15) is 16.1 Å². The molecule has 0 aliphatic heterocycles. The molecule has 0 saturated heterocycles. The van der Waals surface area contributed by atoms with Crippen molar-refractivity contribution in [1.82, 2.24) is 14.1 Å². The number of thioether (sulfide) groups is 1. The number of rotatable bonds is 9. The number of aromatic nitrogens is 2. The van der Waals surface area contributed by atoms with Gasteiger partial charge >= 0.3 is 0 Å². The predicted molar refractivity (Wildman–Crippen MR) is 71.9 cm³/mol. The zero-order valence-corrected chi connectivity index (χ0v) is 11.8. The topological polar surface area (TPSA) is 67.3 Å². The van der Waals surface area contributed by atoms with Crippen molar-refractivity contribution in [3.8, 4) is 5.88 Å². The van der Waals surface area contributed by atoms with Crippen LogP contribution in [0.2, 0.25) is 0 Å². The van der Waals surface area contributed by atoms with Gasteiger partial charge in [-0.1, -0.05) is 6.92 Å². The third-order valence-corrected chi connectivity index (χ3v) is 3.64. The van der Waals surface area contributed by atoms with Gasteiger partial charge in [0.15, 0.2) is 0 Å². The fourth-order valence-electron chi connectivity index (χ4n) is 1.15. The van der Waals surface area contributed by atoms with E-state index in [1.807, 2.05) is 11.8 Å². The molecule has 0 saturated carbocycles. The Morgan fingerprint density at radius 2 is 2.47 bits per heavy atom. The van der Waals surface area contributed by atoms with Crippen molar-refractivity contribution in [3.63, 3.8) is 0 Å². The molecule has 17 heavy (non-hydrogen) atoms. The first kappa shape index (κ1) is 14.7. The van der Waals surface area contributed by atoms with Crippen LogP contribution in [0.25, 0.3) is 0 Å². The summed E-state index contributed by atoms with van der Waals surface area (Å²) in [6, 6.07) is 0.399. The summed E-state index contributed by atoms with van der Waals surface area (Å²) in [6.07, 6.45) is 1.02. The molecule has 7 heteroatoms. The molecule has 0 amide bonds. The van der Waals surface area contributed by atoms with Crippen LogP contribution in [0.15, 0.2) is 6.20 Å². The van der Waals surface area contributed by atoms with Gasteiger partial charge in [-0.25, -0.2) is 0 Å².